The molecule has 1 nitrogen and oxygen atoms in total. The zero-order valence-electron chi connectivity index (χ0n) is 9.76. The van der Waals surface area contributed by atoms with Crippen molar-refractivity contribution >= 4 is 15.9 Å². The molecule has 0 saturated heterocycles. The zero-order valence-corrected chi connectivity index (χ0v) is 11.4. The maximum Gasteiger partial charge on any atom is 0.0483 e. The van der Waals surface area contributed by atoms with E-state index in [0.29, 0.717) is 0 Å². The van der Waals surface area contributed by atoms with E-state index in [1.165, 1.54) is 26.7 Å². The number of nitrogens with two attached hydrogens (primary N) is 1. The lowest BCUT2D eigenvalue weighted by atomic mass is 10.0. The molecular weight excluding hydrogens is 250 g/mol. The van der Waals surface area contributed by atoms with Crippen LogP contribution in [0.25, 0.3) is 0 Å². The molecule has 0 bridgehead atoms. The Morgan fingerprint density at radius 3 is 2.13 bits per heavy atom. The average Bonchev–Trinajstić information content (AvgIpc) is 2.12. The molecule has 1 atom stereocenters. The Hall–Kier alpha value is -0.600. The van der Waals surface area contributed by atoms with Gasteiger partial charge in [0.1, 0.15) is 0 Å². The van der Waals surface area contributed by atoms with Gasteiger partial charge in [-0.1, -0.05) is 39.7 Å². The second kappa shape index (κ2) is 4.95. The highest BCUT2D eigenvalue weighted by atomic mass is 79.9. The van der Waals surface area contributed by atoms with Crippen LogP contribution in [0.2, 0.25) is 0 Å². The fraction of sp³-hybridized carbons (Fsp3) is 0.385. The molecule has 0 aliphatic heterocycles. The number of rotatable bonds is 2. The van der Waals surface area contributed by atoms with Gasteiger partial charge < -0.3 is 5.73 Å². The zero-order chi connectivity index (χ0) is 11.6. The molecule has 15 heavy (non-hydrogen) atoms. The van der Waals surface area contributed by atoms with Crippen molar-refractivity contribution in [2.24, 2.45) is 5.73 Å². The molecule has 0 heterocycles. The molecule has 0 amide bonds. The fourth-order valence-corrected chi connectivity index (χ4v) is 1.86. The van der Waals surface area contributed by atoms with Gasteiger partial charge in [0, 0.05) is 10.5 Å². The fourth-order valence-electron chi connectivity index (χ4n) is 1.63. The summed E-state index contributed by atoms with van der Waals surface area (Å²) in [6.07, 6.45) is 2.09. The molecule has 0 saturated carbocycles. The summed E-state index contributed by atoms with van der Waals surface area (Å²) < 4.78 is 1.18. The van der Waals surface area contributed by atoms with Gasteiger partial charge in [-0.25, -0.2) is 0 Å². The van der Waals surface area contributed by atoms with Crippen molar-refractivity contribution in [3.8, 4) is 0 Å². The highest BCUT2D eigenvalue weighted by Crippen LogP contribution is 2.25. The molecule has 1 rings (SSSR count). The van der Waals surface area contributed by atoms with Crippen LogP contribution in [0.15, 0.2) is 28.3 Å². The van der Waals surface area contributed by atoms with E-state index < -0.39 is 0 Å². The number of allylic oxidation sites excluding steroid dienone is 1. The van der Waals surface area contributed by atoms with E-state index in [-0.39, 0.29) is 6.04 Å². The number of aryl methyl sites for hydroxylation is 2. The molecule has 2 heteroatoms. The number of benzene rings is 1. The van der Waals surface area contributed by atoms with Crippen molar-refractivity contribution in [2.75, 3.05) is 0 Å². The summed E-state index contributed by atoms with van der Waals surface area (Å²) in [4.78, 5) is 0. The van der Waals surface area contributed by atoms with Gasteiger partial charge in [-0.2, -0.15) is 0 Å². The van der Waals surface area contributed by atoms with Gasteiger partial charge in [-0.3, -0.25) is 0 Å². The van der Waals surface area contributed by atoms with Crippen LogP contribution in [0.4, 0.5) is 0 Å². The van der Waals surface area contributed by atoms with Gasteiger partial charge in [-0.15, -0.1) is 0 Å². The molecule has 1 aromatic carbocycles. The summed E-state index contributed by atoms with van der Waals surface area (Å²) in [5.41, 5.74) is 11.0. The minimum atomic E-state index is 0.000463. The van der Waals surface area contributed by atoms with Crippen LogP contribution in [0.5, 0.6) is 0 Å². The lowest BCUT2D eigenvalue weighted by Crippen LogP contribution is -2.08. The molecule has 2 N–H and O–H groups in total. The molecule has 0 radical (unpaired) electrons. The van der Waals surface area contributed by atoms with Crippen LogP contribution in [0, 0.1) is 13.8 Å². The Balaban J connectivity index is 3.11. The van der Waals surface area contributed by atoms with Crippen LogP contribution in [0.1, 0.15) is 36.6 Å². The van der Waals surface area contributed by atoms with Gasteiger partial charge in [0.2, 0.25) is 0 Å². The highest BCUT2D eigenvalue weighted by Gasteiger charge is 2.07. The first-order valence-corrected chi connectivity index (χ1v) is 5.88. The third-order valence-electron chi connectivity index (χ3n) is 2.36. The summed E-state index contributed by atoms with van der Waals surface area (Å²) in [5, 5.41) is 0. The van der Waals surface area contributed by atoms with E-state index in [1.807, 2.05) is 0 Å². The molecular formula is C13H18BrN. The SMILES string of the molecule is CC(C)=CC(N)c1cc(C)c(Br)c(C)c1. The molecule has 1 aromatic rings. The van der Waals surface area contributed by atoms with E-state index in [0.717, 1.165) is 0 Å². The van der Waals surface area contributed by atoms with Gasteiger partial charge in [-0.05, 0) is 44.4 Å². The summed E-state index contributed by atoms with van der Waals surface area (Å²) in [6.45, 7) is 8.32. The topological polar surface area (TPSA) is 26.0 Å². The third-order valence-corrected chi connectivity index (χ3v) is 3.61. The molecule has 0 spiro atoms. The summed E-state index contributed by atoms with van der Waals surface area (Å²) in [7, 11) is 0. The minimum Gasteiger partial charge on any atom is -0.321 e. The van der Waals surface area contributed by atoms with Crippen LogP contribution in [0.3, 0.4) is 0 Å². The second-order valence-electron chi connectivity index (χ2n) is 4.24. The average molecular weight is 268 g/mol. The molecule has 0 aliphatic rings. The first kappa shape index (κ1) is 12.5. The Morgan fingerprint density at radius 2 is 1.73 bits per heavy atom. The summed E-state index contributed by atoms with van der Waals surface area (Å²) in [6, 6.07) is 4.28. The van der Waals surface area contributed by atoms with Crippen molar-refractivity contribution in [1.29, 1.82) is 0 Å². The van der Waals surface area contributed by atoms with E-state index in [1.54, 1.807) is 0 Å². The first-order chi connectivity index (χ1) is 6.91. The standard InChI is InChI=1S/C13H18BrN/c1-8(2)5-12(15)11-6-9(3)13(14)10(4)7-11/h5-7,12H,15H2,1-4H3. The van der Waals surface area contributed by atoms with Gasteiger partial charge in [0.25, 0.3) is 0 Å². The summed E-state index contributed by atoms with van der Waals surface area (Å²) >= 11 is 3.56. The monoisotopic (exact) mass is 267 g/mol. The largest absolute Gasteiger partial charge is 0.321 e. The maximum absolute atomic E-state index is 6.09. The van der Waals surface area contributed by atoms with Crippen molar-refractivity contribution < 1.29 is 0 Å². The van der Waals surface area contributed by atoms with Gasteiger partial charge in [0.15, 0.2) is 0 Å². The Labute approximate surface area is 101 Å². The van der Waals surface area contributed by atoms with E-state index >= 15 is 0 Å². The normalized spacial score (nSPS) is 12.4. The predicted octanol–water partition coefficient (Wildman–Crippen LogP) is 4.03. The van der Waals surface area contributed by atoms with Crippen molar-refractivity contribution in [2.45, 2.75) is 33.7 Å². The summed E-state index contributed by atoms with van der Waals surface area (Å²) in [5.74, 6) is 0. The minimum absolute atomic E-state index is 0.000463. The predicted molar refractivity (Wildman–Crippen MR) is 70.0 cm³/mol. The van der Waals surface area contributed by atoms with E-state index in [9.17, 15) is 0 Å². The van der Waals surface area contributed by atoms with E-state index in [2.05, 4.69) is 61.8 Å². The first-order valence-electron chi connectivity index (χ1n) is 5.09. The maximum atomic E-state index is 6.09. The van der Waals surface area contributed by atoms with Crippen molar-refractivity contribution in [3.05, 3.63) is 44.9 Å². The molecule has 1 unspecified atom stereocenters. The van der Waals surface area contributed by atoms with E-state index in [4.69, 9.17) is 5.73 Å². The van der Waals surface area contributed by atoms with Crippen LogP contribution in [-0.4, -0.2) is 0 Å². The molecule has 0 fully saturated rings. The lowest BCUT2D eigenvalue weighted by Gasteiger charge is -2.12. The third kappa shape index (κ3) is 3.18. The molecule has 0 aromatic heterocycles. The lowest BCUT2D eigenvalue weighted by molar-refractivity contribution is 0.894. The van der Waals surface area contributed by atoms with Gasteiger partial charge in [0.05, 0.1) is 0 Å². The number of halogens is 1. The van der Waals surface area contributed by atoms with Crippen molar-refractivity contribution in [1.82, 2.24) is 0 Å². The van der Waals surface area contributed by atoms with Gasteiger partial charge >= 0.3 is 0 Å². The smallest absolute Gasteiger partial charge is 0.0483 e. The molecule has 82 valence electrons. The highest BCUT2D eigenvalue weighted by molar-refractivity contribution is 9.10. The van der Waals surface area contributed by atoms with Crippen LogP contribution >= 0.6 is 15.9 Å². The van der Waals surface area contributed by atoms with Crippen LogP contribution < -0.4 is 5.73 Å². The number of hydrogen-bond donors (Lipinski definition) is 1. The molecule has 0 aliphatic carbocycles. The number of hydrogen-bond acceptors (Lipinski definition) is 1. The van der Waals surface area contributed by atoms with Crippen molar-refractivity contribution in [3.63, 3.8) is 0 Å². The quantitative estimate of drug-likeness (QED) is 0.805. The van der Waals surface area contributed by atoms with Crippen LogP contribution in [-0.2, 0) is 0 Å². The Kier molecular flexibility index (Phi) is 4.12. The second-order valence-corrected chi connectivity index (χ2v) is 5.03. The Bertz CT molecular complexity index is 367. The Morgan fingerprint density at radius 1 is 1.27 bits per heavy atom.